The van der Waals surface area contributed by atoms with E-state index in [9.17, 15) is 4.79 Å². The van der Waals surface area contributed by atoms with Crippen LogP contribution in [-0.4, -0.2) is 43.2 Å². The minimum Gasteiger partial charge on any atom is -0.378 e. The van der Waals surface area contributed by atoms with Gasteiger partial charge in [-0.15, -0.1) is 12.4 Å². The molecular weight excluding hydrogens is 323 g/mol. The Hall–Kier alpha value is -0.810. The molecule has 0 aromatic heterocycles. The lowest BCUT2D eigenvalue weighted by atomic mass is 10.0. The number of carbonyl (C=O) groups excluding carboxylic acids is 1. The van der Waals surface area contributed by atoms with Crippen molar-refractivity contribution in [2.24, 2.45) is 0 Å². The summed E-state index contributed by atoms with van der Waals surface area (Å²) >= 11 is 6.28. The number of amides is 1. The molecular formula is C16H24Cl2N2O2. The molecule has 6 heteroatoms. The van der Waals surface area contributed by atoms with Crippen molar-refractivity contribution in [1.82, 2.24) is 10.2 Å². The summed E-state index contributed by atoms with van der Waals surface area (Å²) in [6, 6.07) is 7.73. The van der Waals surface area contributed by atoms with Gasteiger partial charge in [-0.2, -0.15) is 0 Å². The maximum atomic E-state index is 12.4. The highest BCUT2D eigenvalue weighted by molar-refractivity contribution is 6.31. The highest BCUT2D eigenvalue weighted by atomic mass is 35.5. The first-order chi connectivity index (χ1) is 10.1. The van der Waals surface area contributed by atoms with Crippen molar-refractivity contribution >= 4 is 29.9 Å². The number of carbonyl (C=O) groups is 1. The number of hydrogen-bond acceptors (Lipinski definition) is 3. The van der Waals surface area contributed by atoms with Crippen molar-refractivity contribution < 1.29 is 9.53 Å². The van der Waals surface area contributed by atoms with Crippen LogP contribution in [0.3, 0.4) is 0 Å². The lowest BCUT2D eigenvalue weighted by molar-refractivity contribution is -0.136. The maximum absolute atomic E-state index is 12.4. The third-order valence-corrected chi connectivity index (χ3v) is 3.94. The molecule has 1 atom stereocenters. The van der Waals surface area contributed by atoms with E-state index in [0.717, 1.165) is 18.7 Å². The Bertz CT molecular complexity index is 483. The van der Waals surface area contributed by atoms with Gasteiger partial charge in [0.1, 0.15) is 0 Å². The summed E-state index contributed by atoms with van der Waals surface area (Å²) in [5.41, 5.74) is 1.00. The Morgan fingerprint density at radius 1 is 1.45 bits per heavy atom. The topological polar surface area (TPSA) is 41.6 Å². The van der Waals surface area contributed by atoms with Crippen LogP contribution in [-0.2, 0) is 9.53 Å². The fourth-order valence-corrected chi connectivity index (χ4v) is 2.81. The van der Waals surface area contributed by atoms with E-state index < -0.39 is 0 Å². The molecule has 0 saturated carbocycles. The molecule has 1 heterocycles. The molecule has 1 aromatic carbocycles. The SMILES string of the molecule is CC(C)OCCC(=O)N1CCNCC1c1ccccc1Cl.Cl. The van der Waals surface area contributed by atoms with Crippen molar-refractivity contribution in [3.63, 3.8) is 0 Å². The third kappa shape index (κ3) is 5.13. The monoisotopic (exact) mass is 346 g/mol. The molecule has 1 aliphatic rings. The zero-order valence-corrected chi connectivity index (χ0v) is 14.6. The molecule has 0 radical (unpaired) electrons. The van der Waals surface area contributed by atoms with Gasteiger partial charge in [-0.1, -0.05) is 29.8 Å². The van der Waals surface area contributed by atoms with Gasteiger partial charge in [0.25, 0.3) is 0 Å². The molecule has 22 heavy (non-hydrogen) atoms. The van der Waals surface area contributed by atoms with Gasteiger partial charge in [-0.3, -0.25) is 4.79 Å². The number of piperazine rings is 1. The van der Waals surface area contributed by atoms with Gasteiger partial charge >= 0.3 is 0 Å². The summed E-state index contributed by atoms with van der Waals surface area (Å²) in [4.78, 5) is 14.4. The van der Waals surface area contributed by atoms with E-state index in [0.29, 0.717) is 24.6 Å². The lowest BCUT2D eigenvalue weighted by Crippen LogP contribution is -2.49. The summed E-state index contributed by atoms with van der Waals surface area (Å²) in [5, 5.41) is 4.05. The Kier molecular flexibility index (Phi) is 8.18. The van der Waals surface area contributed by atoms with Crippen LogP contribution in [0.25, 0.3) is 0 Å². The molecule has 1 N–H and O–H groups in total. The smallest absolute Gasteiger partial charge is 0.225 e. The van der Waals surface area contributed by atoms with Crippen LogP contribution in [0.5, 0.6) is 0 Å². The fourth-order valence-electron chi connectivity index (χ4n) is 2.55. The molecule has 0 aliphatic carbocycles. The molecule has 124 valence electrons. The summed E-state index contributed by atoms with van der Waals surface area (Å²) in [7, 11) is 0. The minimum atomic E-state index is -0.000926. The highest BCUT2D eigenvalue weighted by Gasteiger charge is 2.28. The summed E-state index contributed by atoms with van der Waals surface area (Å²) in [6.45, 7) is 6.67. The van der Waals surface area contributed by atoms with Gasteiger partial charge in [0, 0.05) is 24.7 Å². The Labute approximate surface area is 143 Å². The summed E-state index contributed by atoms with van der Waals surface area (Å²) in [5.74, 6) is 0.127. The van der Waals surface area contributed by atoms with Gasteiger partial charge < -0.3 is 15.0 Å². The van der Waals surface area contributed by atoms with Crippen molar-refractivity contribution in [2.75, 3.05) is 26.2 Å². The van der Waals surface area contributed by atoms with Gasteiger partial charge in [0.05, 0.1) is 25.2 Å². The van der Waals surface area contributed by atoms with Gasteiger partial charge in [-0.25, -0.2) is 0 Å². The molecule has 1 aliphatic heterocycles. The Morgan fingerprint density at radius 2 is 2.18 bits per heavy atom. The Morgan fingerprint density at radius 3 is 2.86 bits per heavy atom. The summed E-state index contributed by atoms with van der Waals surface area (Å²) in [6.07, 6.45) is 0.569. The molecule has 0 spiro atoms. The zero-order valence-electron chi connectivity index (χ0n) is 13.0. The molecule has 1 aromatic rings. The first-order valence-electron chi connectivity index (χ1n) is 7.46. The quantitative estimate of drug-likeness (QED) is 0.890. The molecule has 4 nitrogen and oxygen atoms in total. The number of nitrogens with zero attached hydrogens (tertiary/aromatic N) is 1. The standard InChI is InChI=1S/C16H23ClN2O2.ClH/c1-12(2)21-10-7-16(20)19-9-8-18-11-15(19)13-5-3-4-6-14(13)17;/h3-6,12,15,18H,7-11H2,1-2H3;1H. The first kappa shape index (κ1) is 19.2. The van der Waals surface area contributed by atoms with Crippen LogP contribution in [0.1, 0.15) is 31.9 Å². The van der Waals surface area contributed by atoms with Crippen LogP contribution in [0, 0.1) is 0 Å². The maximum Gasteiger partial charge on any atom is 0.225 e. The lowest BCUT2D eigenvalue weighted by Gasteiger charge is -2.37. The van der Waals surface area contributed by atoms with Crippen LogP contribution >= 0.6 is 24.0 Å². The zero-order chi connectivity index (χ0) is 15.2. The van der Waals surface area contributed by atoms with Crippen LogP contribution < -0.4 is 5.32 Å². The third-order valence-electron chi connectivity index (χ3n) is 3.60. The van der Waals surface area contributed by atoms with Gasteiger partial charge in [-0.05, 0) is 25.5 Å². The van der Waals surface area contributed by atoms with E-state index >= 15 is 0 Å². The average molecular weight is 347 g/mol. The van der Waals surface area contributed by atoms with E-state index in [4.69, 9.17) is 16.3 Å². The number of nitrogens with one attached hydrogen (secondary N) is 1. The van der Waals surface area contributed by atoms with Crippen molar-refractivity contribution in [1.29, 1.82) is 0 Å². The van der Waals surface area contributed by atoms with Crippen LogP contribution in [0.2, 0.25) is 5.02 Å². The Balaban J connectivity index is 0.00000242. The largest absolute Gasteiger partial charge is 0.378 e. The second kappa shape index (κ2) is 9.36. The molecule has 2 rings (SSSR count). The molecule has 1 saturated heterocycles. The van der Waals surface area contributed by atoms with E-state index in [1.165, 1.54) is 0 Å². The van der Waals surface area contributed by atoms with Crippen molar-refractivity contribution in [2.45, 2.75) is 32.4 Å². The minimum absolute atomic E-state index is 0. The highest BCUT2D eigenvalue weighted by Crippen LogP contribution is 2.28. The van der Waals surface area contributed by atoms with E-state index in [2.05, 4.69) is 5.32 Å². The van der Waals surface area contributed by atoms with Crippen molar-refractivity contribution in [3.05, 3.63) is 34.9 Å². The van der Waals surface area contributed by atoms with Gasteiger partial charge in [0.2, 0.25) is 5.91 Å². The number of ether oxygens (including phenoxy) is 1. The molecule has 0 bridgehead atoms. The van der Waals surface area contributed by atoms with E-state index in [1.807, 2.05) is 43.0 Å². The molecule has 1 unspecified atom stereocenters. The normalized spacial score (nSPS) is 18.2. The first-order valence-corrected chi connectivity index (χ1v) is 7.83. The second-order valence-electron chi connectivity index (χ2n) is 5.50. The van der Waals surface area contributed by atoms with Crippen molar-refractivity contribution in [3.8, 4) is 0 Å². The van der Waals surface area contributed by atoms with Crippen LogP contribution in [0.4, 0.5) is 0 Å². The average Bonchev–Trinajstić information content (AvgIpc) is 2.47. The van der Waals surface area contributed by atoms with Crippen LogP contribution in [0.15, 0.2) is 24.3 Å². The number of hydrogen-bond donors (Lipinski definition) is 1. The van der Waals surface area contributed by atoms with Gasteiger partial charge in [0.15, 0.2) is 0 Å². The second-order valence-corrected chi connectivity index (χ2v) is 5.91. The number of benzene rings is 1. The van der Waals surface area contributed by atoms with E-state index in [-0.39, 0.29) is 30.5 Å². The number of rotatable bonds is 5. The molecule has 1 fully saturated rings. The predicted molar refractivity (Wildman–Crippen MR) is 91.7 cm³/mol. The van der Waals surface area contributed by atoms with E-state index in [1.54, 1.807) is 0 Å². The number of halogens is 2. The molecule has 1 amide bonds. The fraction of sp³-hybridized carbons (Fsp3) is 0.562. The predicted octanol–water partition coefficient (Wildman–Crippen LogP) is 3.05. The summed E-state index contributed by atoms with van der Waals surface area (Å²) < 4.78 is 5.48.